The number of hydrogen-bond donors (Lipinski definition) is 1. The lowest BCUT2D eigenvalue weighted by Crippen LogP contribution is -2.51. The number of rotatable bonds is 3. The summed E-state index contributed by atoms with van der Waals surface area (Å²) in [6.45, 7) is 3.13. The molecule has 2 atom stereocenters. The summed E-state index contributed by atoms with van der Waals surface area (Å²) in [5, 5.41) is 2.49. The predicted molar refractivity (Wildman–Crippen MR) is 76.7 cm³/mol. The SMILES string of the molecule is COC(=O)N[C@@H](C)C(=O)N1CCOC(c2ccccc2)C1. The Labute approximate surface area is 124 Å². The number of morpholine rings is 1. The van der Waals surface area contributed by atoms with Crippen molar-refractivity contribution in [1.82, 2.24) is 10.2 Å². The second kappa shape index (κ2) is 7.08. The largest absolute Gasteiger partial charge is 0.453 e. The molecular weight excluding hydrogens is 272 g/mol. The summed E-state index contributed by atoms with van der Waals surface area (Å²) in [5.41, 5.74) is 1.04. The number of amides is 2. The Morgan fingerprint density at radius 1 is 1.38 bits per heavy atom. The summed E-state index contributed by atoms with van der Waals surface area (Å²) in [4.78, 5) is 25.2. The molecule has 1 unspecified atom stereocenters. The van der Waals surface area contributed by atoms with Crippen LogP contribution in [0.2, 0.25) is 0 Å². The molecular formula is C15H20N2O4. The van der Waals surface area contributed by atoms with Crippen LogP contribution in [0.1, 0.15) is 18.6 Å². The van der Waals surface area contributed by atoms with Gasteiger partial charge in [-0.3, -0.25) is 4.79 Å². The highest BCUT2D eigenvalue weighted by Crippen LogP contribution is 2.22. The fourth-order valence-corrected chi connectivity index (χ4v) is 2.29. The summed E-state index contributed by atoms with van der Waals surface area (Å²) >= 11 is 0. The fourth-order valence-electron chi connectivity index (χ4n) is 2.29. The Bertz CT molecular complexity index is 492. The van der Waals surface area contributed by atoms with Crippen LogP contribution in [0.25, 0.3) is 0 Å². The maximum absolute atomic E-state index is 12.3. The zero-order chi connectivity index (χ0) is 15.2. The van der Waals surface area contributed by atoms with Crippen LogP contribution >= 0.6 is 0 Å². The zero-order valence-corrected chi connectivity index (χ0v) is 12.2. The van der Waals surface area contributed by atoms with E-state index in [4.69, 9.17) is 4.74 Å². The highest BCUT2D eigenvalue weighted by atomic mass is 16.5. The standard InChI is InChI=1S/C15H20N2O4/c1-11(16-15(19)20-2)14(18)17-8-9-21-13(10-17)12-6-4-3-5-7-12/h3-7,11,13H,8-10H2,1-2H3,(H,16,19)/t11-,13?/m0/s1. The van der Waals surface area contributed by atoms with Crippen molar-refractivity contribution in [3.63, 3.8) is 0 Å². The van der Waals surface area contributed by atoms with Gasteiger partial charge in [0.15, 0.2) is 0 Å². The first kappa shape index (κ1) is 15.3. The van der Waals surface area contributed by atoms with Gasteiger partial charge in [-0.25, -0.2) is 4.79 Å². The summed E-state index contributed by atoms with van der Waals surface area (Å²) in [7, 11) is 1.27. The van der Waals surface area contributed by atoms with Crippen LogP contribution in [0.3, 0.4) is 0 Å². The van der Waals surface area contributed by atoms with E-state index < -0.39 is 12.1 Å². The Balaban J connectivity index is 1.97. The molecule has 2 amide bonds. The Morgan fingerprint density at radius 2 is 2.10 bits per heavy atom. The van der Waals surface area contributed by atoms with Crippen LogP contribution in [-0.2, 0) is 14.3 Å². The van der Waals surface area contributed by atoms with E-state index in [1.165, 1.54) is 7.11 Å². The van der Waals surface area contributed by atoms with Crippen molar-refractivity contribution in [3.05, 3.63) is 35.9 Å². The number of nitrogens with zero attached hydrogens (tertiary/aromatic N) is 1. The maximum Gasteiger partial charge on any atom is 0.407 e. The predicted octanol–water partition coefficient (Wildman–Crippen LogP) is 1.33. The Hall–Kier alpha value is -2.08. The van der Waals surface area contributed by atoms with Crippen LogP contribution in [0.5, 0.6) is 0 Å². The molecule has 2 rings (SSSR count). The van der Waals surface area contributed by atoms with E-state index in [0.717, 1.165) is 5.56 Å². The number of hydrogen-bond acceptors (Lipinski definition) is 4. The van der Waals surface area contributed by atoms with E-state index >= 15 is 0 Å². The second-order valence-electron chi connectivity index (χ2n) is 4.91. The van der Waals surface area contributed by atoms with Gasteiger partial charge in [-0.1, -0.05) is 30.3 Å². The van der Waals surface area contributed by atoms with Crippen molar-refractivity contribution >= 4 is 12.0 Å². The summed E-state index contributed by atoms with van der Waals surface area (Å²) in [6, 6.07) is 9.18. The molecule has 0 aromatic heterocycles. The molecule has 1 aliphatic heterocycles. The minimum Gasteiger partial charge on any atom is -0.453 e. The van der Waals surface area contributed by atoms with E-state index in [0.29, 0.717) is 19.7 Å². The van der Waals surface area contributed by atoms with Crippen molar-refractivity contribution in [2.75, 3.05) is 26.8 Å². The van der Waals surface area contributed by atoms with Crippen LogP contribution in [-0.4, -0.2) is 49.7 Å². The number of benzene rings is 1. The van der Waals surface area contributed by atoms with E-state index in [9.17, 15) is 9.59 Å². The number of nitrogens with one attached hydrogen (secondary N) is 1. The molecule has 1 N–H and O–H groups in total. The number of methoxy groups -OCH3 is 1. The van der Waals surface area contributed by atoms with E-state index in [2.05, 4.69) is 10.1 Å². The van der Waals surface area contributed by atoms with Gasteiger partial charge in [0.25, 0.3) is 0 Å². The highest BCUT2D eigenvalue weighted by Gasteiger charge is 2.28. The molecule has 1 fully saturated rings. The van der Waals surface area contributed by atoms with Crippen molar-refractivity contribution in [1.29, 1.82) is 0 Å². The van der Waals surface area contributed by atoms with Crippen LogP contribution in [0.15, 0.2) is 30.3 Å². The number of alkyl carbamates (subject to hydrolysis) is 1. The van der Waals surface area contributed by atoms with Gasteiger partial charge < -0.3 is 19.7 Å². The zero-order valence-electron chi connectivity index (χ0n) is 12.2. The lowest BCUT2D eigenvalue weighted by molar-refractivity contribution is -0.140. The molecule has 0 bridgehead atoms. The monoisotopic (exact) mass is 292 g/mol. The Morgan fingerprint density at radius 3 is 2.76 bits per heavy atom. The fraction of sp³-hybridized carbons (Fsp3) is 0.467. The minimum absolute atomic E-state index is 0.130. The molecule has 0 radical (unpaired) electrons. The van der Waals surface area contributed by atoms with Gasteiger partial charge in [0.2, 0.25) is 5.91 Å². The van der Waals surface area contributed by atoms with Gasteiger partial charge in [0.1, 0.15) is 12.1 Å². The first-order chi connectivity index (χ1) is 10.1. The third kappa shape index (κ3) is 3.95. The van der Waals surface area contributed by atoms with E-state index in [1.807, 2.05) is 30.3 Å². The molecule has 0 spiro atoms. The van der Waals surface area contributed by atoms with Crippen molar-refractivity contribution < 1.29 is 19.1 Å². The molecule has 1 aliphatic rings. The topological polar surface area (TPSA) is 67.9 Å². The van der Waals surface area contributed by atoms with Gasteiger partial charge in [0, 0.05) is 6.54 Å². The van der Waals surface area contributed by atoms with Crippen molar-refractivity contribution in [3.8, 4) is 0 Å². The Kier molecular flexibility index (Phi) is 5.16. The quantitative estimate of drug-likeness (QED) is 0.912. The van der Waals surface area contributed by atoms with Gasteiger partial charge in [-0.2, -0.15) is 0 Å². The molecule has 1 aromatic rings. The van der Waals surface area contributed by atoms with Crippen molar-refractivity contribution in [2.45, 2.75) is 19.1 Å². The molecule has 0 saturated carbocycles. The van der Waals surface area contributed by atoms with E-state index in [1.54, 1.807) is 11.8 Å². The lowest BCUT2D eigenvalue weighted by Gasteiger charge is -2.34. The molecule has 6 nitrogen and oxygen atoms in total. The molecule has 1 aromatic carbocycles. The lowest BCUT2D eigenvalue weighted by atomic mass is 10.1. The van der Waals surface area contributed by atoms with E-state index in [-0.39, 0.29) is 12.0 Å². The average Bonchev–Trinajstić information content (AvgIpc) is 2.54. The summed E-state index contributed by atoms with van der Waals surface area (Å²) in [5.74, 6) is -0.135. The second-order valence-corrected chi connectivity index (χ2v) is 4.91. The van der Waals surface area contributed by atoms with Crippen LogP contribution in [0, 0.1) is 0 Å². The highest BCUT2D eigenvalue weighted by molar-refractivity contribution is 5.85. The maximum atomic E-state index is 12.3. The molecule has 21 heavy (non-hydrogen) atoms. The number of carbonyl (C=O) groups is 2. The molecule has 1 heterocycles. The first-order valence-corrected chi connectivity index (χ1v) is 6.91. The third-order valence-corrected chi connectivity index (χ3v) is 3.44. The average molecular weight is 292 g/mol. The minimum atomic E-state index is -0.619. The summed E-state index contributed by atoms with van der Waals surface area (Å²) in [6.07, 6.45) is -0.738. The van der Waals surface area contributed by atoms with Gasteiger partial charge in [0.05, 0.1) is 20.3 Å². The van der Waals surface area contributed by atoms with Crippen molar-refractivity contribution in [2.24, 2.45) is 0 Å². The third-order valence-electron chi connectivity index (χ3n) is 3.44. The number of ether oxygens (including phenoxy) is 2. The normalized spacial score (nSPS) is 19.7. The molecule has 6 heteroatoms. The van der Waals surface area contributed by atoms with Gasteiger partial charge in [-0.15, -0.1) is 0 Å². The number of carbonyl (C=O) groups excluding carboxylic acids is 2. The van der Waals surface area contributed by atoms with Gasteiger partial charge in [-0.05, 0) is 12.5 Å². The van der Waals surface area contributed by atoms with Crippen LogP contribution < -0.4 is 5.32 Å². The van der Waals surface area contributed by atoms with Gasteiger partial charge >= 0.3 is 6.09 Å². The smallest absolute Gasteiger partial charge is 0.407 e. The first-order valence-electron chi connectivity index (χ1n) is 6.91. The molecule has 114 valence electrons. The molecule has 1 saturated heterocycles. The summed E-state index contributed by atoms with van der Waals surface area (Å²) < 4.78 is 10.2. The molecule has 0 aliphatic carbocycles. The van der Waals surface area contributed by atoms with Crippen LogP contribution in [0.4, 0.5) is 4.79 Å².